The van der Waals surface area contributed by atoms with Crippen molar-refractivity contribution in [2.75, 3.05) is 0 Å². The normalized spacial score (nSPS) is 54.1. The minimum absolute atomic E-state index is 0.0558. The summed E-state index contributed by atoms with van der Waals surface area (Å²) in [7, 11) is 0. The van der Waals surface area contributed by atoms with Gasteiger partial charge in [-0.25, -0.2) is 0 Å². The summed E-state index contributed by atoms with van der Waals surface area (Å²) in [4.78, 5) is 11.3. The zero-order valence-corrected chi connectivity index (χ0v) is 19.3. The van der Waals surface area contributed by atoms with E-state index in [1.807, 2.05) is 0 Å². The molecule has 0 amide bonds. The van der Waals surface area contributed by atoms with E-state index in [0.717, 1.165) is 19.3 Å². The number of hydrogen-bond donors (Lipinski definition) is 4. The second-order valence-corrected chi connectivity index (χ2v) is 11.9. The van der Waals surface area contributed by atoms with Gasteiger partial charge in [0.2, 0.25) is 5.24 Å². The van der Waals surface area contributed by atoms with Crippen molar-refractivity contribution in [1.29, 1.82) is 0 Å². The van der Waals surface area contributed by atoms with E-state index in [1.165, 1.54) is 0 Å². The SMILES string of the molecule is CC(CCC(=O)Cl)C1CCC2C3C(O)CC4CC(O)CC(O)C4(C)C3CC(O)C12C. The number of halogens is 1. The van der Waals surface area contributed by atoms with Crippen molar-refractivity contribution in [2.45, 2.75) is 96.6 Å². The van der Waals surface area contributed by atoms with E-state index in [4.69, 9.17) is 11.6 Å². The number of carbonyl (C=O) groups is 1. The Bertz CT molecular complexity index is 672. The smallest absolute Gasteiger partial charge is 0.221 e. The largest absolute Gasteiger partial charge is 0.393 e. The van der Waals surface area contributed by atoms with E-state index >= 15 is 0 Å². The minimum Gasteiger partial charge on any atom is -0.393 e. The molecule has 172 valence electrons. The maximum atomic E-state index is 11.5. The highest BCUT2D eigenvalue weighted by Gasteiger charge is 2.67. The lowest BCUT2D eigenvalue weighted by molar-refractivity contribution is -0.234. The highest BCUT2D eigenvalue weighted by Crippen LogP contribution is 2.68. The molecule has 0 radical (unpaired) electrons. The van der Waals surface area contributed by atoms with Crippen LogP contribution in [0.5, 0.6) is 0 Å². The maximum absolute atomic E-state index is 11.5. The fourth-order valence-corrected chi connectivity index (χ4v) is 8.85. The van der Waals surface area contributed by atoms with Gasteiger partial charge in [-0.1, -0.05) is 20.8 Å². The van der Waals surface area contributed by atoms with Gasteiger partial charge in [-0.05, 0) is 103 Å². The number of carbonyl (C=O) groups excluding carboxylic acids is 1. The lowest BCUT2D eigenvalue weighted by atomic mass is 9.42. The van der Waals surface area contributed by atoms with Crippen LogP contribution in [0.3, 0.4) is 0 Å². The van der Waals surface area contributed by atoms with Crippen LogP contribution in [0.4, 0.5) is 0 Å². The minimum atomic E-state index is -0.603. The Balaban J connectivity index is 1.63. The third-order valence-corrected chi connectivity index (χ3v) is 10.6. The van der Waals surface area contributed by atoms with Crippen molar-refractivity contribution >= 4 is 16.8 Å². The Morgan fingerprint density at radius 2 is 1.63 bits per heavy atom. The van der Waals surface area contributed by atoms with E-state index in [0.29, 0.717) is 38.0 Å². The van der Waals surface area contributed by atoms with Crippen LogP contribution in [-0.4, -0.2) is 50.1 Å². The molecular weight excluding hydrogens is 404 g/mol. The number of hydrogen-bond acceptors (Lipinski definition) is 5. The van der Waals surface area contributed by atoms with Crippen LogP contribution in [-0.2, 0) is 4.79 Å². The van der Waals surface area contributed by atoms with Crippen LogP contribution in [0, 0.1) is 46.3 Å². The number of aliphatic hydroxyl groups is 4. The summed E-state index contributed by atoms with van der Waals surface area (Å²) in [6.45, 7) is 6.49. The predicted octanol–water partition coefficient (Wildman–Crippen LogP) is 3.10. The third kappa shape index (κ3) is 3.30. The molecule has 12 unspecified atom stereocenters. The Labute approximate surface area is 185 Å². The number of fused-ring (bicyclic) bond motifs is 5. The first-order valence-corrected chi connectivity index (χ1v) is 12.3. The molecular formula is C24H39ClO5. The molecule has 5 nitrogen and oxygen atoms in total. The topological polar surface area (TPSA) is 98.0 Å². The molecule has 0 bridgehead atoms. The Morgan fingerprint density at radius 3 is 2.30 bits per heavy atom. The molecule has 6 heteroatoms. The standard InChI is InChI=1S/C24H39ClO5/c1-12(4-7-21(25)30)15-5-6-16-22-17(11-20(29)24(15,16)3)23(2)13(9-18(22)27)8-14(26)10-19(23)28/h12-20,22,26-29H,4-11H2,1-3H3. The number of aliphatic hydroxyl groups excluding tert-OH is 4. The molecule has 4 fully saturated rings. The first-order chi connectivity index (χ1) is 14.0. The molecule has 0 aromatic rings. The molecule has 0 aliphatic heterocycles. The molecule has 4 aliphatic rings. The van der Waals surface area contributed by atoms with Gasteiger partial charge in [-0.15, -0.1) is 0 Å². The molecule has 4 saturated carbocycles. The highest BCUT2D eigenvalue weighted by molar-refractivity contribution is 6.63. The average Bonchev–Trinajstić information content (AvgIpc) is 3.01. The average molecular weight is 443 g/mol. The Kier molecular flexibility index (Phi) is 6.11. The monoisotopic (exact) mass is 442 g/mol. The van der Waals surface area contributed by atoms with Crippen molar-refractivity contribution < 1.29 is 25.2 Å². The van der Waals surface area contributed by atoms with Crippen LogP contribution in [0.15, 0.2) is 0 Å². The van der Waals surface area contributed by atoms with Crippen molar-refractivity contribution in [3.05, 3.63) is 0 Å². The van der Waals surface area contributed by atoms with Gasteiger partial charge in [0, 0.05) is 6.42 Å². The van der Waals surface area contributed by atoms with Gasteiger partial charge in [0.1, 0.15) is 0 Å². The van der Waals surface area contributed by atoms with E-state index in [-0.39, 0.29) is 45.7 Å². The van der Waals surface area contributed by atoms with Crippen LogP contribution in [0.25, 0.3) is 0 Å². The van der Waals surface area contributed by atoms with Crippen molar-refractivity contribution in [1.82, 2.24) is 0 Å². The second-order valence-electron chi connectivity index (χ2n) is 11.5. The Morgan fingerprint density at radius 1 is 0.967 bits per heavy atom. The third-order valence-electron chi connectivity index (χ3n) is 10.4. The van der Waals surface area contributed by atoms with E-state index < -0.39 is 24.4 Å². The van der Waals surface area contributed by atoms with Gasteiger partial charge in [-0.3, -0.25) is 4.79 Å². The van der Waals surface area contributed by atoms with Crippen molar-refractivity contribution in [3.8, 4) is 0 Å². The fraction of sp³-hybridized carbons (Fsp3) is 0.958. The van der Waals surface area contributed by atoms with Crippen molar-refractivity contribution in [3.63, 3.8) is 0 Å². The van der Waals surface area contributed by atoms with Crippen molar-refractivity contribution in [2.24, 2.45) is 46.3 Å². The molecule has 30 heavy (non-hydrogen) atoms. The van der Waals surface area contributed by atoms with Gasteiger partial charge in [0.25, 0.3) is 0 Å². The van der Waals surface area contributed by atoms with Crippen LogP contribution in [0.2, 0.25) is 0 Å². The predicted molar refractivity (Wildman–Crippen MR) is 115 cm³/mol. The van der Waals surface area contributed by atoms with E-state index in [9.17, 15) is 25.2 Å². The summed E-state index contributed by atoms with van der Waals surface area (Å²) in [5.41, 5.74) is -0.667. The maximum Gasteiger partial charge on any atom is 0.221 e. The molecule has 0 aromatic heterocycles. The second kappa shape index (κ2) is 7.98. The van der Waals surface area contributed by atoms with Crippen LogP contribution < -0.4 is 0 Å². The molecule has 0 aromatic carbocycles. The van der Waals surface area contributed by atoms with Gasteiger partial charge in [0.05, 0.1) is 24.4 Å². The molecule has 0 heterocycles. The van der Waals surface area contributed by atoms with Crippen LogP contribution >= 0.6 is 11.6 Å². The van der Waals surface area contributed by atoms with E-state index in [2.05, 4.69) is 20.8 Å². The van der Waals surface area contributed by atoms with Gasteiger partial charge >= 0.3 is 0 Å². The zero-order valence-electron chi connectivity index (χ0n) is 18.5. The first-order valence-electron chi connectivity index (χ1n) is 11.9. The lowest BCUT2D eigenvalue weighted by Crippen LogP contribution is -2.65. The summed E-state index contributed by atoms with van der Waals surface area (Å²) in [5.74, 6) is 0.988. The summed E-state index contributed by atoms with van der Waals surface area (Å²) in [5, 5.41) is 43.7. The fourth-order valence-electron chi connectivity index (χ4n) is 8.75. The molecule has 0 spiro atoms. The summed E-state index contributed by atoms with van der Waals surface area (Å²) in [6, 6.07) is 0. The molecule has 0 saturated heterocycles. The summed E-state index contributed by atoms with van der Waals surface area (Å²) in [6.07, 6.45) is 3.20. The highest BCUT2D eigenvalue weighted by atomic mass is 35.5. The summed E-state index contributed by atoms with van der Waals surface area (Å²) < 4.78 is 0. The quantitative estimate of drug-likeness (QED) is 0.501. The molecule has 4 aliphatic carbocycles. The summed E-state index contributed by atoms with van der Waals surface area (Å²) >= 11 is 5.58. The molecule has 4 rings (SSSR count). The molecule has 4 N–H and O–H groups in total. The Hall–Kier alpha value is -0.200. The van der Waals surface area contributed by atoms with Crippen LogP contribution in [0.1, 0.15) is 72.1 Å². The van der Waals surface area contributed by atoms with Gasteiger partial charge in [0.15, 0.2) is 0 Å². The first kappa shape index (κ1) is 23.0. The zero-order chi connectivity index (χ0) is 22.0. The van der Waals surface area contributed by atoms with E-state index in [1.54, 1.807) is 0 Å². The van der Waals surface area contributed by atoms with Gasteiger partial charge in [-0.2, -0.15) is 0 Å². The molecule has 12 atom stereocenters. The number of rotatable bonds is 4. The lowest BCUT2D eigenvalue weighted by Gasteiger charge is -2.64. The van der Waals surface area contributed by atoms with Gasteiger partial charge < -0.3 is 20.4 Å².